The van der Waals surface area contributed by atoms with Crippen LogP contribution in [0.3, 0.4) is 0 Å². The van der Waals surface area contributed by atoms with Crippen LogP contribution >= 0.6 is 12.4 Å². The third-order valence-electron chi connectivity index (χ3n) is 4.05. The molecule has 0 bridgehead atoms. The standard InChI is InChI=1S/C15H21N3O4.ClH/c1-10-5-11(7-12(6-10)18(20)21)15(19)17-4-3-14(22-2)8-13(17)9-16;/h5-7,13-14H,3-4,8-9,16H2,1-2H3;1H. The van der Waals surface area contributed by atoms with Crippen molar-refractivity contribution in [1.29, 1.82) is 0 Å². The van der Waals surface area contributed by atoms with Gasteiger partial charge in [0.05, 0.1) is 11.0 Å². The number of piperidine rings is 1. The number of carbonyl (C=O) groups is 1. The maximum absolute atomic E-state index is 12.7. The molecule has 1 fully saturated rings. The van der Waals surface area contributed by atoms with Crippen LogP contribution in [-0.4, -0.2) is 48.1 Å². The molecule has 1 aliphatic heterocycles. The first-order chi connectivity index (χ1) is 10.5. The van der Waals surface area contributed by atoms with Gasteiger partial charge in [-0.1, -0.05) is 0 Å². The predicted octanol–water partition coefficient (Wildman–Crippen LogP) is 1.90. The maximum atomic E-state index is 12.7. The Hall–Kier alpha value is -1.70. The van der Waals surface area contributed by atoms with E-state index < -0.39 is 4.92 Å². The average molecular weight is 344 g/mol. The number of nitrogens with two attached hydrogens (primary N) is 1. The molecule has 1 aliphatic rings. The van der Waals surface area contributed by atoms with Crippen LogP contribution in [0.4, 0.5) is 5.69 Å². The Morgan fingerprint density at radius 3 is 2.74 bits per heavy atom. The molecule has 2 unspecified atom stereocenters. The Morgan fingerprint density at radius 2 is 2.17 bits per heavy atom. The monoisotopic (exact) mass is 343 g/mol. The van der Waals surface area contributed by atoms with E-state index in [-0.39, 0.29) is 36.1 Å². The van der Waals surface area contributed by atoms with E-state index in [2.05, 4.69) is 0 Å². The first-order valence-electron chi connectivity index (χ1n) is 7.26. The number of nitrogens with zero attached hydrogens (tertiary/aromatic N) is 2. The summed E-state index contributed by atoms with van der Waals surface area (Å²) in [4.78, 5) is 24.9. The van der Waals surface area contributed by atoms with Crippen molar-refractivity contribution in [2.24, 2.45) is 5.73 Å². The van der Waals surface area contributed by atoms with Gasteiger partial charge in [-0.2, -0.15) is 0 Å². The Labute approximate surface area is 141 Å². The molecule has 0 saturated carbocycles. The number of hydrogen-bond donors (Lipinski definition) is 1. The molecule has 23 heavy (non-hydrogen) atoms. The number of halogens is 1. The number of ether oxygens (including phenoxy) is 1. The van der Waals surface area contributed by atoms with Crippen LogP contribution in [0, 0.1) is 17.0 Å². The second kappa shape index (κ2) is 8.24. The largest absolute Gasteiger partial charge is 0.381 e. The van der Waals surface area contributed by atoms with E-state index in [1.54, 1.807) is 25.0 Å². The van der Waals surface area contributed by atoms with E-state index >= 15 is 0 Å². The number of methoxy groups -OCH3 is 1. The second-order valence-electron chi connectivity index (χ2n) is 5.58. The van der Waals surface area contributed by atoms with Crippen molar-refractivity contribution in [3.8, 4) is 0 Å². The van der Waals surface area contributed by atoms with Gasteiger partial charge in [0, 0.05) is 43.9 Å². The lowest BCUT2D eigenvalue weighted by atomic mass is 9.97. The Kier molecular flexibility index (Phi) is 6.93. The lowest BCUT2D eigenvalue weighted by Gasteiger charge is -2.38. The molecule has 2 N–H and O–H groups in total. The summed E-state index contributed by atoms with van der Waals surface area (Å²) in [6, 6.07) is 4.34. The average Bonchev–Trinajstić information content (AvgIpc) is 2.52. The van der Waals surface area contributed by atoms with Gasteiger partial charge in [-0.3, -0.25) is 14.9 Å². The van der Waals surface area contributed by atoms with Gasteiger partial charge >= 0.3 is 0 Å². The number of nitro groups is 1. The highest BCUT2D eigenvalue weighted by Gasteiger charge is 2.31. The fourth-order valence-electron chi connectivity index (χ4n) is 2.88. The predicted molar refractivity (Wildman–Crippen MR) is 89.0 cm³/mol. The van der Waals surface area contributed by atoms with Crippen LogP contribution in [-0.2, 0) is 4.74 Å². The summed E-state index contributed by atoms with van der Waals surface area (Å²) >= 11 is 0. The van der Waals surface area contributed by atoms with E-state index in [0.717, 1.165) is 6.42 Å². The molecule has 128 valence electrons. The summed E-state index contributed by atoms with van der Waals surface area (Å²) in [5.41, 5.74) is 6.73. The zero-order valence-corrected chi connectivity index (χ0v) is 14.0. The van der Waals surface area contributed by atoms with Gasteiger partial charge in [-0.15, -0.1) is 12.4 Å². The summed E-state index contributed by atoms with van der Waals surface area (Å²) in [7, 11) is 1.65. The number of benzene rings is 1. The van der Waals surface area contributed by atoms with Crippen molar-refractivity contribution in [1.82, 2.24) is 4.90 Å². The highest BCUT2D eigenvalue weighted by molar-refractivity contribution is 5.95. The Bertz CT molecular complexity index is 582. The molecule has 2 atom stereocenters. The number of carbonyl (C=O) groups excluding carboxylic acids is 1. The number of aryl methyl sites for hydroxylation is 1. The minimum Gasteiger partial charge on any atom is -0.381 e. The van der Waals surface area contributed by atoms with Crippen LogP contribution in [0.2, 0.25) is 0 Å². The van der Waals surface area contributed by atoms with Crippen LogP contribution < -0.4 is 5.73 Å². The van der Waals surface area contributed by atoms with Crippen LogP contribution in [0.5, 0.6) is 0 Å². The number of hydrogen-bond acceptors (Lipinski definition) is 5. The van der Waals surface area contributed by atoms with Gasteiger partial charge in [0.25, 0.3) is 11.6 Å². The third kappa shape index (κ3) is 4.40. The molecule has 0 aliphatic carbocycles. The van der Waals surface area contributed by atoms with E-state index in [9.17, 15) is 14.9 Å². The first kappa shape index (κ1) is 19.3. The molecule has 1 heterocycles. The summed E-state index contributed by atoms with van der Waals surface area (Å²) in [6.45, 7) is 2.63. The van der Waals surface area contributed by atoms with Gasteiger partial charge in [-0.05, 0) is 31.4 Å². The van der Waals surface area contributed by atoms with Crippen molar-refractivity contribution >= 4 is 24.0 Å². The lowest BCUT2D eigenvalue weighted by Crippen LogP contribution is -2.51. The van der Waals surface area contributed by atoms with Gasteiger partial charge in [-0.25, -0.2) is 0 Å². The van der Waals surface area contributed by atoms with Crippen molar-refractivity contribution in [2.45, 2.75) is 31.9 Å². The zero-order chi connectivity index (χ0) is 16.3. The van der Waals surface area contributed by atoms with Crippen molar-refractivity contribution < 1.29 is 14.5 Å². The van der Waals surface area contributed by atoms with Crippen LogP contribution in [0.25, 0.3) is 0 Å². The molecule has 1 aromatic rings. The minimum absolute atomic E-state index is 0. The van der Waals surface area contributed by atoms with Crippen LogP contribution in [0.15, 0.2) is 18.2 Å². The molecule has 0 radical (unpaired) electrons. The molecular weight excluding hydrogens is 322 g/mol. The summed E-state index contributed by atoms with van der Waals surface area (Å²) in [5.74, 6) is -0.211. The van der Waals surface area contributed by atoms with Crippen molar-refractivity contribution in [2.75, 3.05) is 20.2 Å². The molecule has 1 amide bonds. The molecule has 8 heteroatoms. The highest BCUT2D eigenvalue weighted by Crippen LogP contribution is 2.24. The summed E-state index contributed by atoms with van der Waals surface area (Å²) in [5, 5.41) is 11.0. The second-order valence-corrected chi connectivity index (χ2v) is 5.58. The quantitative estimate of drug-likeness (QED) is 0.665. The number of rotatable bonds is 4. The number of non-ortho nitro benzene ring substituents is 1. The van der Waals surface area contributed by atoms with Crippen molar-refractivity contribution in [3.05, 3.63) is 39.4 Å². The number of amides is 1. The fraction of sp³-hybridized carbons (Fsp3) is 0.533. The van der Waals surface area contributed by atoms with Gasteiger partial charge in [0.1, 0.15) is 0 Å². The Morgan fingerprint density at radius 1 is 1.48 bits per heavy atom. The molecule has 1 saturated heterocycles. The van der Waals surface area contributed by atoms with E-state index in [1.165, 1.54) is 12.1 Å². The summed E-state index contributed by atoms with van der Waals surface area (Å²) in [6.07, 6.45) is 1.53. The molecular formula is C15H22ClN3O4. The van der Waals surface area contributed by atoms with Crippen molar-refractivity contribution in [3.63, 3.8) is 0 Å². The van der Waals surface area contributed by atoms with Crippen LogP contribution in [0.1, 0.15) is 28.8 Å². The SMILES string of the molecule is COC1CCN(C(=O)c2cc(C)cc([N+](=O)[O-])c2)C(CN)C1.Cl. The molecule has 0 aromatic heterocycles. The lowest BCUT2D eigenvalue weighted by molar-refractivity contribution is -0.384. The molecule has 2 rings (SSSR count). The van der Waals surface area contributed by atoms with E-state index in [1.807, 2.05) is 0 Å². The Balaban J connectivity index is 0.00000264. The minimum atomic E-state index is -0.485. The molecule has 0 spiro atoms. The van der Waals surface area contributed by atoms with Gasteiger partial charge < -0.3 is 15.4 Å². The van der Waals surface area contributed by atoms with Gasteiger partial charge in [0.15, 0.2) is 0 Å². The van der Waals surface area contributed by atoms with E-state index in [0.29, 0.717) is 30.6 Å². The third-order valence-corrected chi connectivity index (χ3v) is 4.05. The van der Waals surface area contributed by atoms with E-state index in [4.69, 9.17) is 10.5 Å². The normalized spacial score (nSPS) is 20.7. The zero-order valence-electron chi connectivity index (χ0n) is 13.2. The smallest absolute Gasteiger partial charge is 0.270 e. The number of nitro benzene ring substituents is 1. The fourth-order valence-corrected chi connectivity index (χ4v) is 2.88. The number of likely N-dealkylation sites (tertiary alicyclic amines) is 1. The van der Waals surface area contributed by atoms with Gasteiger partial charge in [0.2, 0.25) is 0 Å². The molecule has 1 aromatic carbocycles. The topological polar surface area (TPSA) is 98.7 Å². The highest BCUT2D eigenvalue weighted by atomic mass is 35.5. The first-order valence-corrected chi connectivity index (χ1v) is 7.26. The summed E-state index contributed by atoms with van der Waals surface area (Å²) < 4.78 is 5.34. The maximum Gasteiger partial charge on any atom is 0.270 e. The molecule has 7 nitrogen and oxygen atoms in total.